The van der Waals surface area contributed by atoms with Gasteiger partial charge in [-0.1, -0.05) is 28.1 Å². The molecule has 0 spiro atoms. The lowest BCUT2D eigenvalue weighted by Crippen LogP contribution is -2.40. The van der Waals surface area contributed by atoms with E-state index in [1.165, 1.54) is 0 Å². The molecule has 146 valence electrons. The second-order valence-corrected chi connectivity index (χ2v) is 7.16. The summed E-state index contributed by atoms with van der Waals surface area (Å²) in [5.41, 5.74) is 1.85. The molecule has 4 amide bonds. The van der Waals surface area contributed by atoms with Crippen LogP contribution in [-0.2, 0) is 16.1 Å². The number of carbonyl (C=O) groups is 4. The van der Waals surface area contributed by atoms with Crippen LogP contribution in [0.5, 0.6) is 0 Å². The normalized spacial score (nSPS) is 12.3. The highest BCUT2D eigenvalue weighted by molar-refractivity contribution is 9.10. The van der Waals surface area contributed by atoms with Gasteiger partial charge in [0.05, 0.1) is 17.2 Å². The minimum absolute atomic E-state index is 0.194. The monoisotopic (exact) mass is 454 g/mol. The Morgan fingerprint density at radius 1 is 1.00 bits per heavy atom. The van der Waals surface area contributed by atoms with Gasteiger partial charge < -0.3 is 10.6 Å². The van der Waals surface area contributed by atoms with Crippen molar-refractivity contribution in [2.45, 2.75) is 13.0 Å². The van der Waals surface area contributed by atoms with E-state index in [1.54, 1.807) is 48.5 Å². The number of imide groups is 1. The second-order valence-electron chi connectivity index (χ2n) is 6.24. The molecule has 0 aliphatic carbocycles. The lowest BCUT2D eigenvalue weighted by molar-refractivity contribution is -0.121. The summed E-state index contributed by atoms with van der Waals surface area (Å²) in [6.45, 7) is -0.174. The molecule has 8 nitrogen and oxygen atoms in total. The number of rotatable bonds is 6. The van der Waals surface area contributed by atoms with Crippen LogP contribution in [0.15, 0.2) is 46.9 Å². The maximum absolute atomic E-state index is 12.4. The van der Waals surface area contributed by atoms with Gasteiger partial charge in [-0.25, -0.2) is 0 Å². The number of nitrogens with zero attached hydrogens (tertiary/aromatic N) is 2. The summed E-state index contributed by atoms with van der Waals surface area (Å²) in [4.78, 5) is 49.3. The standard InChI is InChI=1S/C20H15BrN4O4/c21-13-3-6-15-16(9-13)20(29)25(19(15)28)11-18(27)23-10-12-1-4-14(5-2-12)24-17(26)7-8-22/h1-6,9H,7,10-11H2,(H,23,27)(H,24,26). The number of carbonyl (C=O) groups excluding carboxylic acids is 4. The van der Waals surface area contributed by atoms with Crippen molar-refractivity contribution in [3.8, 4) is 6.07 Å². The van der Waals surface area contributed by atoms with E-state index < -0.39 is 23.6 Å². The van der Waals surface area contributed by atoms with Gasteiger partial charge >= 0.3 is 0 Å². The number of hydrogen-bond acceptors (Lipinski definition) is 5. The smallest absolute Gasteiger partial charge is 0.262 e. The molecule has 29 heavy (non-hydrogen) atoms. The van der Waals surface area contributed by atoms with Crippen molar-refractivity contribution in [1.82, 2.24) is 10.2 Å². The largest absolute Gasteiger partial charge is 0.350 e. The van der Waals surface area contributed by atoms with Crippen molar-refractivity contribution in [3.63, 3.8) is 0 Å². The minimum atomic E-state index is -0.501. The Kier molecular flexibility index (Phi) is 6.04. The van der Waals surface area contributed by atoms with Gasteiger partial charge in [-0.2, -0.15) is 5.26 Å². The third-order valence-electron chi connectivity index (χ3n) is 4.20. The molecule has 0 bridgehead atoms. The van der Waals surface area contributed by atoms with Crippen LogP contribution in [0.3, 0.4) is 0 Å². The molecule has 0 saturated carbocycles. The molecule has 1 heterocycles. The Hall–Kier alpha value is -3.51. The van der Waals surface area contributed by atoms with Gasteiger partial charge in [-0.15, -0.1) is 0 Å². The van der Waals surface area contributed by atoms with E-state index in [0.29, 0.717) is 10.2 Å². The summed E-state index contributed by atoms with van der Waals surface area (Å²) in [6, 6.07) is 13.3. The number of halogens is 1. The zero-order valence-corrected chi connectivity index (χ0v) is 16.7. The molecule has 0 atom stereocenters. The van der Waals surface area contributed by atoms with Crippen LogP contribution in [0, 0.1) is 11.3 Å². The number of anilines is 1. The first-order valence-electron chi connectivity index (χ1n) is 8.57. The van der Waals surface area contributed by atoms with E-state index in [0.717, 1.165) is 10.5 Å². The first-order valence-corrected chi connectivity index (χ1v) is 9.36. The van der Waals surface area contributed by atoms with Gasteiger partial charge in [0.15, 0.2) is 0 Å². The fourth-order valence-electron chi connectivity index (χ4n) is 2.79. The summed E-state index contributed by atoms with van der Waals surface area (Å²) in [5.74, 6) is -1.87. The van der Waals surface area contributed by atoms with Gasteiger partial charge in [0.2, 0.25) is 11.8 Å². The second kappa shape index (κ2) is 8.67. The van der Waals surface area contributed by atoms with Crippen LogP contribution in [0.25, 0.3) is 0 Å². The molecule has 2 aromatic rings. The summed E-state index contributed by atoms with van der Waals surface area (Å²) < 4.78 is 0.677. The number of hydrogen-bond donors (Lipinski definition) is 2. The van der Waals surface area contributed by atoms with Crippen LogP contribution < -0.4 is 10.6 Å². The maximum Gasteiger partial charge on any atom is 0.262 e. The summed E-state index contributed by atoms with van der Waals surface area (Å²) in [6.07, 6.45) is -0.230. The van der Waals surface area contributed by atoms with Crippen molar-refractivity contribution >= 4 is 45.2 Å². The molecule has 1 aliphatic heterocycles. The highest BCUT2D eigenvalue weighted by Gasteiger charge is 2.36. The Balaban J connectivity index is 1.54. The quantitative estimate of drug-likeness (QED) is 0.648. The molecule has 9 heteroatoms. The fraction of sp³-hybridized carbons (Fsp3) is 0.150. The molecule has 1 aliphatic rings. The molecule has 3 rings (SSSR count). The third kappa shape index (κ3) is 4.67. The molecule has 2 N–H and O–H groups in total. The Morgan fingerprint density at radius 3 is 2.38 bits per heavy atom. The van der Waals surface area contributed by atoms with Gasteiger partial charge in [0.1, 0.15) is 13.0 Å². The first-order chi connectivity index (χ1) is 13.9. The fourth-order valence-corrected chi connectivity index (χ4v) is 3.15. The van der Waals surface area contributed by atoms with Gasteiger partial charge in [-0.05, 0) is 35.9 Å². The topological polar surface area (TPSA) is 119 Å². The highest BCUT2D eigenvalue weighted by atomic mass is 79.9. The van der Waals surface area contributed by atoms with Crippen LogP contribution in [0.2, 0.25) is 0 Å². The third-order valence-corrected chi connectivity index (χ3v) is 4.69. The van der Waals surface area contributed by atoms with E-state index in [1.807, 2.05) is 0 Å². The molecule has 0 saturated heterocycles. The minimum Gasteiger partial charge on any atom is -0.350 e. The zero-order valence-electron chi connectivity index (χ0n) is 15.1. The Morgan fingerprint density at radius 2 is 1.69 bits per heavy atom. The molecule has 0 aromatic heterocycles. The predicted molar refractivity (Wildman–Crippen MR) is 107 cm³/mol. The lowest BCUT2D eigenvalue weighted by atomic mass is 10.1. The zero-order chi connectivity index (χ0) is 21.0. The predicted octanol–water partition coefficient (Wildman–Crippen LogP) is 2.21. The number of benzene rings is 2. The van der Waals surface area contributed by atoms with E-state index in [2.05, 4.69) is 26.6 Å². The van der Waals surface area contributed by atoms with Crippen LogP contribution >= 0.6 is 15.9 Å². The first kappa shape index (κ1) is 20.2. The van der Waals surface area contributed by atoms with Crippen molar-refractivity contribution < 1.29 is 19.2 Å². The lowest BCUT2D eigenvalue weighted by Gasteiger charge is -2.13. The van der Waals surface area contributed by atoms with Crippen molar-refractivity contribution in [2.75, 3.05) is 11.9 Å². The van der Waals surface area contributed by atoms with Gasteiger partial charge in [0.25, 0.3) is 11.8 Å². The SMILES string of the molecule is N#CCC(=O)Nc1ccc(CNC(=O)CN2C(=O)c3ccc(Br)cc3C2=O)cc1. The molecule has 2 aromatic carbocycles. The number of fused-ring (bicyclic) bond motifs is 1. The van der Waals surface area contributed by atoms with Gasteiger partial charge in [0, 0.05) is 16.7 Å². The van der Waals surface area contributed by atoms with E-state index in [4.69, 9.17) is 5.26 Å². The molecular formula is C20H15BrN4O4. The molecule has 0 fully saturated rings. The Labute approximate surface area is 174 Å². The van der Waals surface area contributed by atoms with Crippen LogP contribution in [0.4, 0.5) is 5.69 Å². The van der Waals surface area contributed by atoms with Crippen LogP contribution in [0.1, 0.15) is 32.7 Å². The van der Waals surface area contributed by atoms with E-state index in [-0.39, 0.29) is 30.6 Å². The average Bonchev–Trinajstić information content (AvgIpc) is 2.92. The summed E-state index contributed by atoms with van der Waals surface area (Å²) >= 11 is 3.26. The Bertz CT molecular complexity index is 1040. The number of amides is 4. The van der Waals surface area contributed by atoms with Crippen molar-refractivity contribution in [1.29, 1.82) is 5.26 Å². The average molecular weight is 455 g/mol. The number of nitriles is 1. The molecule has 0 radical (unpaired) electrons. The maximum atomic E-state index is 12.4. The van der Waals surface area contributed by atoms with Gasteiger partial charge in [-0.3, -0.25) is 24.1 Å². The summed E-state index contributed by atoms with van der Waals surface area (Å²) in [5, 5.41) is 13.7. The number of nitrogens with one attached hydrogen (secondary N) is 2. The molecular weight excluding hydrogens is 440 g/mol. The van der Waals surface area contributed by atoms with E-state index in [9.17, 15) is 19.2 Å². The molecule has 0 unspecified atom stereocenters. The van der Waals surface area contributed by atoms with Crippen molar-refractivity contribution in [2.24, 2.45) is 0 Å². The highest BCUT2D eigenvalue weighted by Crippen LogP contribution is 2.25. The summed E-state index contributed by atoms with van der Waals surface area (Å²) in [7, 11) is 0. The van der Waals surface area contributed by atoms with Crippen LogP contribution in [-0.4, -0.2) is 35.1 Å². The van der Waals surface area contributed by atoms with Crippen molar-refractivity contribution in [3.05, 3.63) is 63.6 Å². The van der Waals surface area contributed by atoms with E-state index >= 15 is 0 Å².